The van der Waals surface area contributed by atoms with Crippen LogP contribution in [0, 0.1) is 0 Å². The zero-order chi connectivity index (χ0) is 27.3. The van der Waals surface area contributed by atoms with Crippen LogP contribution >= 0.6 is 0 Å². The van der Waals surface area contributed by atoms with Gasteiger partial charge in [-0.3, -0.25) is 4.90 Å². The van der Waals surface area contributed by atoms with E-state index in [4.69, 9.17) is 4.74 Å². The van der Waals surface area contributed by atoms with Crippen molar-refractivity contribution in [3.05, 3.63) is 125 Å². The number of carbonyl (C=O) groups excluding carboxylic acids is 1. The normalized spacial score (nSPS) is 10.9. The smallest absolute Gasteiger partial charge is 0.336 e. The molecule has 0 aliphatic rings. The highest BCUT2D eigenvalue weighted by Gasteiger charge is 2.14. The number of rotatable bonds is 15. The van der Waals surface area contributed by atoms with Crippen LogP contribution in [0.1, 0.15) is 46.3 Å². The van der Waals surface area contributed by atoms with Gasteiger partial charge in [0.25, 0.3) is 0 Å². The van der Waals surface area contributed by atoms with Crippen molar-refractivity contribution in [3.8, 4) is 16.9 Å². The summed E-state index contributed by atoms with van der Waals surface area (Å²) in [4.78, 5) is 24.8. The summed E-state index contributed by atoms with van der Waals surface area (Å²) in [6.07, 6.45) is 3.97. The van der Waals surface area contributed by atoms with Crippen molar-refractivity contribution < 1.29 is 19.4 Å². The molecule has 0 heterocycles. The summed E-state index contributed by atoms with van der Waals surface area (Å²) in [6, 6.07) is 34.0. The Morgan fingerprint density at radius 1 is 0.744 bits per heavy atom. The van der Waals surface area contributed by atoms with E-state index in [1.54, 1.807) is 12.1 Å². The second kappa shape index (κ2) is 14.6. The van der Waals surface area contributed by atoms with E-state index in [1.165, 1.54) is 11.1 Å². The second-order valence-corrected chi connectivity index (χ2v) is 9.61. The molecule has 1 N–H and O–H groups in total. The Morgan fingerprint density at radius 2 is 1.41 bits per heavy atom. The molecule has 0 radical (unpaired) electrons. The fourth-order valence-electron chi connectivity index (χ4n) is 4.66. The summed E-state index contributed by atoms with van der Waals surface area (Å²) < 4.78 is 6.25. The van der Waals surface area contributed by atoms with Gasteiger partial charge in [0, 0.05) is 19.5 Å². The lowest BCUT2D eigenvalue weighted by atomic mass is 10.0. The number of benzene rings is 4. The van der Waals surface area contributed by atoms with Gasteiger partial charge in [0.05, 0.1) is 5.56 Å². The van der Waals surface area contributed by atoms with E-state index in [1.807, 2.05) is 48.5 Å². The Bertz CT molecular complexity index is 1330. The van der Waals surface area contributed by atoms with Gasteiger partial charge in [-0.25, -0.2) is 4.79 Å². The largest absolute Gasteiger partial charge is 0.489 e. The quantitative estimate of drug-likeness (QED) is 0.134. The van der Waals surface area contributed by atoms with Crippen LogP contribution in [-0.4, -0.2) is 35.4 Å². The number of ether oxygens (including phenoxy) is 1. The van der Waals surface area contributed by atoms with Crippen LogP contribution < -0.4 is 4.74 Å². The number of aromatic carboxylic acids is 1. The van der Waals surface area contributed by atoms with E-state index in [0.717, 1.165) is 61.1 Å². The number of para-hydroxylation sites is 1. The standard InChI is InChI=1S/C34H35NO4/c36-24-10-2-9-22-35(25-31-14-5-7-15-32(31)34(37)38)23-21-30-13-6-8-16-33(30)39-26-27-17-19-29(20-18-27)28-11-3-1-4-12-28/h1,3-8,11-20,24H,2,9-10,21-23,25-26H2,(H,37,38). The highest BCUT2D eigenvalue weighted by molar-refractivity contribution is 5.89. The minimum Gasteiger partial charge on any atom is -0.489 e. The highest BCUT2D eigenvalue weighted by atomic mass is 16.5. The summed E-state index contributed by atoms with van der Waals surface area (Å²) in [7, 11) is 0. The Kier molecular flexibility index (Phi) is 10.4. The van der Waals surface area contributed by atoms with Crippen LogP contribution in [0.4, 0.5) is 0 Å². The minimum absolute atomic E-state index is 0.331. The van der Waals surface area contributed by atoms with Crippen LogP contribution in [-0.2, 0) is 24.4 Å². The SMILES string of the molecule is O=CCCCCN(CCc1ccccc1OCc1ccc(-c2ccccc2)cc1)Cc1ccccc1C(=O)O. The number of carbonyl (C=O) groups is 2. The summed E-state index contributed by atoms with van der Waals surface area (Å²) in [6.45, 7) is 2.56. The zero-order valence-electron chi connectivity index (χ0n) is 22.2. The molecular weight excluding hydrogens is 486 g/mol. The fourth-order valence-corrected chi connectivity index (χ4v) is 4.66. The molecule has 0 amide bonds. The molecule has 4 aromatic carbocycles. The van der Waals surface area contributed by atoms with Crippen molar-refractivity contribution in [1.29, 1.82) is 0 Å². The third kappa shape index (κ3) is 8.39. The molecule has 5 heteroatoms. The van der Waals surface area contributed by atoms with E-state index >= 15 is 0 Å². The van der Waals surface area contributed by atoms with E-state index in [0.29, 0.717) is 25.1 Å². The van der Waals surface area contributed by atoms with Gasteiger partial charge in [0.2, 0.25) is 0 Å². The number of hydrogen-bond acceptors (Lipinski definition) is 4. The topological polar surface area (TPSA) is 66.8 Å². The summed E-state index contributed by atoms with van der Waals surface area (Å²) in [5.74, 6) is -0.0569. The summed E-state index contributed by atoms with van der Waals surface area (Å²) in [5.41, 5.74) is 5.71. The van der Waals surface area contributed by atoms with Gasteiger partial charge < -0.3 is 14.6 Å². The van der Waals surface area contributed by atoms with Crippen LogP contribution in [0.15, 0.2) is 103 Å². The Balaban J connectivity index is 1.40. The number of carboxylic acids is 1. The molecule has 0 saturated carbocycles. The fraction of sp³-hybridized carbons (Fsp3) is 0.235. The molecule has 4 rings (SSSR count). The lowest BCUT2D eigenvalue weighted by Crippen LogP contribution is -2.28. The van der Waals surface area contributed by atoms with E-state index < -0.39 is 5.97 Å². The molecule has 0 bridgehead atoms. The Labute approximate surface area is 230 Å². The van der Waals surface area contributed by atoms with Gasteiger partial charge in [-0.2, -0.15) is 0 Å². The number of nitrogens with zero attached hydrogens (tertiary/aromatic N) is 1. The van der Waals surface area contributed by atoms with E-state index in [2.05, 4.69) is 47.4 Å². The van der Waals surface area contributed by atoms with Gasteiger partial charge in [-0.15, -0.1) is 0 Å². The number of carboxylic acid groups (broad SMARTS) is 1. The average Bonchev–Trinajstić information content (AvgIpc) is 2.98. The molecule has 5 nitrogen and oxygen atoms in total. The molecule has 0 atom stereocenters. The number of aldehydes is 1. The molecule has 0 saturated heterocycles. The first-order chi connectivity index (χ1) is 19.1. The van der Waals surface area contributed by atoms with Crippen molar-refractivity contribution in [2.75, 3.05) is 13.1 Å². The maximum Gasteiger partial charge on any atom is 0.336 e. The molecule has 0 aliphatic heterocycles. The maximum atomic E-state index is 11.7. The van der Waals surface area contributed by atoms with Crippen LogP contribution in [0.5, 0.6) is 5.75 Å². The van der Waals surface area contributed by atoms with Gasteiger partial charge >= 0.3 is 5.97 Å². The highest BCUT2D eigenvalue weighted by Crippen LogP contribution is 2.23. The minimum atomic E-state index is -0.915. The third-order valence-corrected chi connectivity index (χ3v) is 6.81. The summed E-state index contributed by atoms with van der Waals surface area (Å²) >= 11 is 0. The van der Waals surface area contributed by atoms with Crippen molar-refractivity contribution in [1.82, 2.24) is 4.90 Å². The molecule has 0 fully saturated rings. The summed E-state index contributed by atoms with van der Waals surface area (Å²) in [5, 5.41) is 9.62. The average molecular weight is 522 g/mol. The second-order valence-electron chi connectivity index (χ2n) is 9.61. The van der Waals surface area contributed by atoms with E-state index in [-0.39, 0.29) is 0 Å². The molecule has 4 aromatic rings. The van der Waals surface area contributed by atoms with Crippen LogP contribution in [0.3, 0.4) is 0 Å². The van der Waals surface area contributed by atoms with E-state index in [9.17, 15) is 14.7 Å². The Morgan fingerprint density at radius 3 is 2.15 bits per heavy atom. The first-order valence-electron chi connectivity index (χ1n) is 13.5. The maximum absolute atomic E-state index is 11.7. The number of unbranched alkanes of at least 4 members (excludes halogenated alkanes) is 2. The molecule has 200 valence electrons. The molecule has 0 spiro atoms. The third-order valence-electron chi connectivity index (χ3n) is 6.81. The predicted molar refractivity (Wildman–Crippen MR) is 155 cm³/mol. The van der Waals surface area contributed by atoms with Crippen molar-refractivity contribution in [2.24, 2.45) is 0 Å². The molecule has 0 aliphatic carbocycles. The van der Waals surface area contributed by atoms with Gasteiger partial charge in [-0.05, 0) is 65.8 Å². The predicted octanol–water partition coefficient (Wildman–Crippen LogP) is 7.04. The molecule has 39 heavy (non-hydrogen) atoms. The van der Waals surface area contributed by atoms with Crippen molar-refractivity contribution in [3.63, 3.8) is 0 Å². The molecule has 0 aromatic heterocycles. The van der Waals surface area contributed by atoms with Crippen molar-refractivity contribution in [2.45, 2.75) is 38.8 Å². The van der Waals surface area contributed by atoms with Gasteiger partial charge in [-0.1, -0.05) is 91.0 Å². The van der Waals surface area contributed by atoms with Gasteiger partial charge in [0.15, 0.2) is 0 Å². The number of hydrogen-bond donors (Lipinski definition) is 1. The van der Waals surface area contributed by atoms with Crippen LogP contribution in [0.25, 0.3) is 11.1 Å². The first-order valence-corrected chi connectivity index (χ1v) is 13.5. The molecular formula is C34H35NO4. The Hall–Kier alpha value is -4.22. The monoisotopic (exact) mass is 521 g/mol. The lowest BCUT2D eigenvalue weighted by molar-refractivity contribution is -0.107. The molecule has 0 unspecified atom stereocenters. The van der Waals surface area contributed by atoms with Crippen LogP contribution in [0.2, 0.25) is 0 Å². The lowest BCUT2D eigenvalue weighted by Gasteiger charge is -2.24. The zero-order valence-corrected chi connectivity index (χ0v) is 22.2. The van der Waals surface area contributed by atoms with Gasteiger partial charge in [0.1, 0.15) is 18.6 Å². The first kappa shape index (κ1) is 27.8. The van der Waals surface area contributed by atoms with Crippen molar-refractivity contribution >= 4 is 12.3 Å².